The summed E-state index contributed by atoms with van der Waals surface area (Å²) in [6, 6.07) is 9.25. The smallest absolute Gasteiger partial charge is 0.140 e. The Morgan fingerprint density at radius 1 is 1.00 bits per heavy atom. The van der Waals surface area contributed by atoms with Gasteiger partial charge in [0.25, 0.3) is 0 Å². The Bertz CT molecular complexity index is 415. The fourth-order valence-electron chi connectivity index (χ4n) is 0.666. The van der Waals surface area contributed by atoms with Gasteiger partial charge in [-0.25, -0.2) is 0 Å². The second-order valence-electron chi connectivity index (χ2n) is 2.04. The maximum Gasteiger partial charge on any atom is 0.140 e. The minimum atomic E-state index is 0.692. The predicted octanol–water partition coefficient (Wildman–Crippen LogP) is 1.66. The van der Waals surface area contributed by atoms with Gasteiger partial charge in [0.2, 0.25) is 0 Å². The lowest BCUT2D eigenvalue weighted by molar-refractivity contribution is 0.520. The van der Waals surface area contributed by atoms with Gasteiger partial charge in [-0.3, -0.25) is 0 Å². The lowest BCUT2D eigenvalue weighted by atomic mass is 10.3. The van der Waals surface area contributed by atoms with Gasteiger partial charge in [0, 0.05) is 11.8 Å². The zero-order chi connectivity index (χ0) is 9.36. The average molecular weight is 166 g/mol. The lowest BCUT2D eigenvalue weighted by Crippen LogP contribution is -1.79. The van der Waals surface area contributed by atoms with E-state index in [1.54, 1.807) is 0 Å². The highest BCUT2D eigenvalue weighted by molar-refractivity contribution is 5.33. The van der Waals surface area contributed by atoms with Crippen LogP contribution >= 0.6 is 0 Å². The summed E-state index contributed by atoms with van der Waals surface area (Å²) in [6.45, 7) is 0. The molecule has 60 valence electrons. The van der Waals surface area contributed by atoms with Crippen LogP contribution in [0.4, 0.5) is 0 Å². The van der Waals surface area contributed by atoms with Crippen molar-refractivity contribution in [2.45, 2.75) is 0 Å². The van der Waals surface area contributed by atoms with Gasteiger partial charge in [0.05, 0.1) is 0 Å². The van der Waals surface area contributed by atoms with Crippen LogP contribution in [0.1, 0.15) is 0 Å². The van der Waals surface area contributed by atoms with Crippen LogP contribution in [0.15, 0.2) is 30.3 Å². The molecule has 1 aromatic rings. The van der Waals surface area contributed by atoms with E-state index < -0.39 is 0 Å². The summed E-state index contributed by atoms with van der Waals surface area (Å²) in [5.74, 6) is 10.1. The fraction of sp³-hybridized carbons (Fsp3) is 0. The maximum absolute atomic E-state index is 5.02. The third-order valence-electron chi connectivity index (χ3n) is 1.16. The molecule has 0 amide bonds. The van der Waals surface area contributed by atoms with Crippen molar-refractivity contribution < 1.29 is 4.74 Å². The Kier molecular flexibility index (Phi) is 3.63. The Morgan fingerprint density at radius 2 is 1.77 bits per heavy atom. The lowest BCUT2D eigenvalue weighted by Gasteiger charge is -1.92. The summed E-state index contributed by atoms with van der Waals surface area (Å²) >= 11 is 0. The second-order valence-corrected chi connectivity index (χ2v) is 2.04. The van der Waals surface area contributed by atoms with E-state index in [2.05, 4.69) is 29.8 Å². The standard InChI is InChI=1S/C12H6O/c1-2-3-4-8-11-13-12-9-6-5-7-10-12/h1,5-7,9-10H. The molecule has 0 bridgehead atoms. The van der Waals surface area contributed by atoms with Gasteiger partial charge in [-0.1, -0.05) is 18.2 Å². The average Bonchev–Trinajstić information content (AvgIpc) is 2.19. The van der Waals surface area contributed by atoms with Gasteiger partial charge >= 0.3 is 0 Å². The molecule has 0 aliphatic heterocycles. The van der Waals surface area contributed by atoms with Crippen molar-refractivity contribution in [1.82, 2.24) is 0 Å². The van der Waals surface area contributed by atoms with Gasteiger partial charge in [-0.2, -0.15) is 0 Å². The fourth-order valence-corrected chi connectivity index (χ4v) is 0.666. The Labute approximate surface area is 77.7 Å². The quantitative estimate of drug-likeness (QED) is 0.576. The molecule has 0 aliphatic carbocycles. The number of terminal acetylenes is 1. The highest BCUT2D eigenvalue weighted by atomic mass is 16.5. The molecule has 0 radical (unpaired) electrons. The monoisotopic (exact) mass is 166 g/mol. The molecular formula is C12H6O. The highest BCUT2D eigenvalue weighted by Gasteiger charge is 1.84. The van der Waals surface area contributed by atoms with Gasteiger partial charge in [-0.05, 0) is 24.0 Å². The first-order valence-electron chi connectivity index (χ1n) is 3.61. The number of para-hydroxylation sites is 1. The number of hydrogen-bond donors (Lipinski definition) is 0. The van der Waals surface area contributed by atoms with E-state index in [1.807, 2.05) is 30.3 Å². The summed E-state index contributed by atoms with van der Waals surface area (Å²) in [5.41, 5.74) is 0. The molecule has 1 aromatic carbocycles. The molecule has 0 atom stereocenters. The summed E-state index contributed by atoms with van der Waals surface area (Å²) in [7, 11) is 0. The van der Waals surface area contributed by atoms with Crippen LogP contribution in [0.2, 0.25) is 0 Å². The van der Waals surface area contributed by atoms with Crippen LogP contribution in [0, 0.1) is 36.2 Å². The van der Waals surface area contributed by atoms with Crippen molar-refractivity contribution in [2.24, 2.45) is 0 Å². The van der Waals surface area contributed by atoms with E-state index in [0.29, 0.717) is 5.75 Å². The Hall–Kier alpha value is -2.30. The first-order valence-corrected chi connectivity index (χ1v) is 3.61. The van der Waals surface area contributed by atoms with Crippen LogP contribution in [0.25, 0.3) is 0 Å². The van der Waals surface area contributed by atoms with E-state index in [0.717, 1.165) is 0 Å². The molecule has 0 heterocycles. The van der Waals surface area contributed by atoms with Crippen LogP contribution in [-0.4, -0.2) is 0 Å². The molecule has 0 N–H and O–H groups in total. The third kappa shape index (κ3) is 3.57. The van der Waals surface area contributed by atoms with Crippen LogP contribution < -0.4 is 4.74 Å². The maximum atomic E-state index is 5.02. The van der Waals surface area contributed by atoms with Crippen molar-refractivity contribution in [2.75, 3.05) is 0 Å². The van der Waals surface area contributed by atoms with E-state index in [-0.39, 0.29) is 0 Å². The molecule has 1 nitrogen and oxygen atoms in total. The number of hydrogen-bond acceptors (Lipinski definition) is 1. The first kappa shape index (κ1) is 8.79. The third-order valence-corrected chi connectivity index (χ3v) is 1.16. The Balaban J connectivity index is 2.52. The molecule has 1 rings (SSSR count). The van der Waals surface area contributed by atoms with Gasteiger partial charge in [0.1, 0.15) is 11.9 Å². The topological polar surface area (TPSA) is 9.23 Å². The number of benzene rings is 1. The van der Waals surface area contributed by atoms with Gasteiger partial charge in [-0.15, -0.1) is 6.42 Å². The summed E-state index contributed by atoms with van der Waals surface area (Å²) < 4.78 is 5.02. The van der Waals surface area contributed by atoms with Crippen LogP contribution in [0.3, 0.4) is 0 Å². The molecule has 0 saturated heterocycles. The highest BCUT2D eigenvalue weighted by Crippen LogP contribution is 2.06. The molecule has 13 heavy (non-hydrogen) atoms. The van der Waals surface area contributed by atoms with E-state index in [4.69, 9.17) is 11.2 Å². The number of ether oxygens (including phenoxy) is 1. The van der Waals surface area contributed by atoms with E-state index in [1.165, 1.54) is 0 Å². The summed E-state index contributed by atoms with van der Waals surface area (Å²) in [5, 5.41) is 0. The molecule has 0 aromatic heterocycles. The van der Waals surface area contributed by atoms with E-state index in [9.17, 15) is 0 Å². The SMILES string of the molecule is C#CC#CC#COc1ccccc1. The summed E-state index contributed by atoms with van der Waals surface area (Å²) in [6.07, 6.45) is 7.31. The van der Waals surface area contributed by atoms with Crippen molar-refractivity contribution in [3.63, 3.8) is 0 Å². The van der Waals surface area contributed by atoms with Crippen molar-refractivity contribution >= 4 is 0 Å². The minimum Gasteiger partial charge on any atom is -0.407 e. The van der Waals surface area contributed by atoms with Crippen LogP contribution in [0.5, 0.6) is 5.75 Å². The van der Waals surface area contributed by atoms with Gasteiger partial charge in [0.15, 0.2) is 0 Å². The molecule has 0 aliphatic rings. The zero-order valence-electron chi connectivity index (χ0n) is 6.87. The van der Waals surface area contributed by atoms with Crippen molar-refractivity contribution in [3.05, 3.63) is 30.3 Å². The molecule has 0 spiro atoms. The Morgan fingerprint density at radius 3 is 2.46 bits per heavy atom. The van der Waals surface area contributed by atoms with Crippen molar-refractivity contribution in [1.29, 1.82) is 0 Å². The number of rotatable bonds is 1. The summed E-state index contributed by atoms with van der Waals surface area (Å²) in [4.78, 5) is 0. The molecule has 0 unspecified atom stereocenters. The zero-order valence-corrected chi connectivity index (χ0v) is 6.87. The molecule has 0 saturated carbocycles. The molecular weight excluding hydrogens is 160 g/mol. The van der Waals surface area contributed by atoms with Crippen molar-refractivity contribution in [3.8, 4) is 42.0 Å². The normalized spacial score (nSPS) is 6.69. The van der Waals surface area contributed by atoms with Crippen LogP contribution in [-0.2, 0) is 0 Å². The predicted molar refractivity (Wildman–Crippen MR) is 51.5 cm³/mol. The minimum absolute atomic E-state index is 0.692. The molecule has 0 fully saturated rings. The second kappa shape index (κ2) is 5.36. The largest absolute Gasteiger partial charge is 0.407 e. The van der Waals surface area contributed by atoms with E-state index >= 15 is 0 Å². The van der Waals surface area contributed by atoms with Gasteiger partial charge < -0.3 is 4.74 Å². The molecule has 1 heteroatoms. The first-order chi connectivity index (χ1) is 6.43.